The summed E-state index contributed by atoms with van der Waals surface area (Å²) in [5.41, 5.74) is 1.82. The van der Waals surface area contributed by atoms with Crippen LogP contribution in [0.1, 0.15) is 12.0 Å². The summed E-state index contributed by atoms with van der Waals surface area (Å²) in [7, 11) is -3.99. The van der Waals surface area contributed by atoms with E-state index in [2.05, 4.69) is 6.07 Å². The number of hydrogen-bond acceptors (Lipinski definition) is 4. The first-order chi connectivity index (χ1) is 16.3. The lowest BCUT2D eigenvalue weighted by molar-refractivity contribution is -0.127. The predicted molar refractivity (Wildman–Crippen MR) is 123 cm³/mol. The molecule has 1 amide bonds. The van der Waals surface area contributed by atoms with E-state index in [1.54, 1.807) is 11.0 Å². The number of amides is 1. The number of nitrogens with zero attached hydrogens (tertiary/aromatic N) is 4. The maximum atomic E-state index is 13.5. The molecular formula is C24H22F2N4O3S. The van der Waals surface area contributed by atoms with Crippen molar-refractivity contribution in [3.05, 3.63) is 71.9 Å². The molecule has 0 aliphatic carbocycles. The number of sulfonamides is 1. The quantitative estimate of drug-likeness (QED) is 0.502. The lowest BCUT2D eigenvalue weighted by Crippen LogP contribution is -2.50. The van der Waals surface area contributed by atoms with E-state index in [0.29, 0.717) is 19.0 Å². The topological polar surface area (TPSA) is 86.4 Å². The van der Waals surface area contributed by atoms with Gasteiger partial charge in [-0.25, -0.2) is 17.2 Å². The Bertz CT molecular complexity index is 1400. The molecule has 1 fully saturated rings. The van der Waals surface area contributed by atoms with Crippen molar-refractivity contribution in [2.24, 2.45) is 0 Å². The lowest BCUT2D eigenvalue weighted by atomic mass is 10.1. The van der Waals surface area contributed by atoms with Crippen molar-refractivity contribution in [2.45, 2.75) is 17.9 Å². The van der Waals surface area contributed by atoms with Crippen LogP contribution in [-0.2, 0) is 21.4 Å². The number of hydrogen-bond donors (Lipinski definition) is 0. The van der Waals surface area contributed by atoms with Crippen LogP contribution in [0.25, 0.3) is 17.0 Å². The number of aromatic nitrogens is 1. The van der Waals surface area contributed by atoms with Crippen LogP contribution in [0.4, 0.5) is 8.78 Å². The number of rotatable bonds is 6. The van der Waals surface area contributed by atoms with Gasteiger partial charge in [-0.15, -0.1) is 0 Å². The molecule has 0 N–H and O–H groups in total. The van der Waals surface area contributed by atoms with Gasteiger partial charge in [0.25, 0.3) is 0 Å². The number of aryl methyl sites for hydroxylation is 1. The summed E-state index contributed by atoms with van der Waals surface area (Å²) >= 11 is 0. The van der Waals surface area contributed by atoms with Crippen LogP contribution < -0.4 is 0 Å². The third kappa shape index (κ3) is 4.71. The molecule has 1 saturated heterocycles. The van der Waals surface area contributed by atoms with Crippen LogP contribution in [0.5, 0.6) is 0 Å². The van der Waals surface area contributed by atoms with Gasteiger partial charge in [-0.05, 0) is 30.3 Å². The van der Waals surface area contributed by atoms with Crippen LogP contribution in [-0.4, -0.2) is 54.3 Å². The molecule has 2 aromatic carbocycles. The number of halogens is 2. The SMILES string of the molecule is N#CCCn1cc(/C=C/C(=O)N2CCN(S(=O)(=O)c3ccc(F)c(F)c3)CC2)c2ccccc21. The van der Waals surface area contributed by atoms with Gasteiger partial charge in [-0.1, -0.05) is 18.2 Å². The molecule has 1 aliphatic heterocycles. The second-order valence-corrected chi connectivity index (χ2v) is 9.78. The molecule has 0 bridgehead atoms. The molecule has 0 spiro atoms. The fourth-order valence-electron chi connectivity index (χ4n) is 3.97. The van der Waals surface area contributed by atoms with Crippen LogP contribution in [0.15, 0.2) is 59.6 Å². The first-order valence-electron chi connectivity index (χ1n) is 10.7. The fourth-order valence-corrected chi connectivity index (χ4v) is 5.40. The van der Waals surface area contributed by atoms with Crippen LogP contribution in [0.2, 0.25) is 0 Å². The van der Waals surface area contributed by atoms with E-state index >= 15 is 0 Å². The van der Waals surface area contributed by atoms with E-state index in [0.717, 1.165) is 32.9 Å². The predicted octanol–water partition coefficient (Wildman–Crippen LogP) is 3.38. The third-order valence-electron chi connectivity index (χ3n) is 5.77. The van der Waals surface area contributed by atoms with E-state index in [-0.39, 0.29) is 37.0 Å². The molecule has 0 radical (unpaired) electrons. The molecule has 0 unspecified atom stereocenters. The van der Waals surface area contributed by atoms with Crippen molar-refractivity contribution < 1.29 is 22.0 Å². The second-order valence-electron chi connectivity index (χ2n) is 7.84. The van der Waals surface area contributed by atoms with Crippen molar-refractivity contribution >= 4 is 32.9 Å². The molecule has 7 nitrogen and oxygen atoms in total. The zero-order valence-corrected chi connectivity index (χ0v) is 19.0. The monoisotopic (exact) mass is 484 g/mol. The Morgan fingerprint density at radius 2 is 1.79 bits per heavy atom. The minimum Gasteiger partial charge on any atom is -0.346 e. The third-order valence-corrected chi connectivity index (χ3v) is 7.66. The van der Waals surface area contributed by atoms with Gasteiger partial charge in [0.2, 0.25) is 15.9 Å². The van der Waals surface area contributed by atoms with Gasteiger partial charge in [-0.3, -0.25) is 4.79 Å². The Morgan fingerprint density at radius 3 is 2.50 bits per heavy atom. The van der Waals surface area contributed by atoms with Crippen molar-refractivity contribution in [1.82, 2.24) is 13.8 Å². The lowest BCUT2D eigenvalue weighted by Gasteiger charge is -2.33. The highest BCUT2D eigenvalue weighted by molar-refractivity contribution is 7.89. The summed E-state index contributed by atoms with van der Waals surface area (Å²) in [6.07, 6.45) is 5.45. The number of carbonyl (C=O) groups is 1. The van der Waals surface area contributed by atoms with E-state index in [1.807, 2.05) is 35.0 Å². The van der Waals surface area contributed by atoms with Crippen LogP contribution >= 0.6 is 0 Å². The molecule has 176 valence electrons. The summed E-state index contributed by atoms with van der Waals surface area (Å²) in [6, 6.07) is 12.3. The molecule has 0 atom stereocenters. The molecular weight excluding hydrogens is 462 g/mol. The van der Waals surface area contributed by atoms with Gasteiger partial charge in [0.05, 0.1) is 17.4 Å². The van der Waals surface area contributed by atoms with Gasteiger partial charge in [0.1, 0.15) is 0 Å². The van der Waals surface area contributed by atoms with E-state index in [1.165, 1.54) is 6.08 Å². The summed E-state index contributed by atoms with van der Waals surface area (Å²) in [6.45, 7) is 1.00. The summed E-state index contributed by atoms with van der Waals surface area (Å²) in [5.74, 6) is -2.60. The van der Waals surface area contributed by atoms with Crippen LogP contribution in [0, 0.1) is 23.0 Å². The zero-order valence-electron chi connectivity index (χ0n) is 18.2. The summed E-state index contributed by atoms with van der Waals surface area (Å²) < 4.78 is 55.3. The highest BCUT2D eigenvalue weighted by Gasteiger charge is 2.30. The zero-order chi connectivity index (χ0) is 24.3. The number of benzene rings is 2. The Kier molecular flexibility index (Phi) is 6.77. The normalized spacial score (nSPS) is 15.1. The largest absolute Gasteiger partial charge is 0.346 e. The average Bonchev–Trinajstić information content (AvgIpc) is 3.20. The molecule has 1 aromatic heterocycles. The minimum absolute atomic E-state index is 0.0500. The molecule has 1 aliphatic rings. The average molecular weight is 485 g/mol. The maximum absolute atomic E-state index is 13.5. The Labute approximate surface area is 196 Å². The molecule has 10 heteroatoms. The van der Waals surface area contributed by atoms with E-state index < -0.39 is 21.7 Å². The van der Waals surface area contributed by atoms with Gasteiger partial charge >= 0.3 is 0 Å². The van der Waals surface area contributed by atoms with Crippen molar-refractivity contribution in [3.8, 4) is 6.07 Å². The van der Waals surface area contributed by atoms with Gasteiger partial charge < -0.3 is 9.47 Å². The first kappa shape index (κ1) is 23.6. The molecule has 3 aromatic rings. The number of piperazine rings is 1. The van der Waals surface area contributed by atoms with E-state index in [4.69, 9.17) is 5.26 Å². The number of carbonyl (C=O) groups excluding carboxylic acids is 1. The maximum Gasteiger partial charge on any atom is 0.246 e. The van der Waals surface area contributed by atoms with Gasteiger partial charge in [-0.2, -0.15) is 9.57 Å². The summed E-state index contributed by atoms with van der Waals surface area (Å²) in [4.78, 5) is 13.9. The van der Waals surface area contributed by atoms with Gasteiger partial charge in [0, 0.05) is 61.5 Å². The van der Waals surface area contributed by atoms with Crippen molar-refractivity contribution in [2.75, 3.05) is 26.2 Å². The minimum atomic E-state index is -3.99. The van der Waals surface area contributed by atoms with Crippen molar-refractivity contribution in [3.63, 3.8) is 0 Å². The Hall–Kier alpha value is -3.55. The first-order valence-corrected chi connectivity index (χ1v) is 12.1. The standard InChI is InChI=1S/C24H22F2N4O3S/c25-21-8-7-19(16-22(21)26)34(32,33)30-14-12-28(13-15-30)24(31)9-6-18-17-29(11-3-10-27)23-5-2-1-4-20(18)23/h1-2,4-9,16-17H,3,11-15H2/b9-6+. The summed E-state index contributed by atoms with van der Waals surface area (Å²) in [5, 5.41) is 9.85. The van der Waals surface area contributed by atoms with Crippen LogP contribution in [0.3, 0.4) is 0 Å². The molecule has 2 heterocycles. The highest BCUT2D eigenvalue weighted by Crippen LogP contribution is 2.23. The highest BCUT2D eigenvalue weighted by atomic mass is 32.2. The Morgan fingerprint density at radius 1 is 1.06 bits per heavy atom. The van der Waals surface area contributed by atoms with E-state index in [9.17, 15) is 22.0 Å². The van der Waals surface area contributed by atoms with Gasteiger partial charge in [0.15, 0.2) is 11.6 Å². The molecule has 4 rings (SSSR count). The Balaban J connectivity index is 1.43. The number of para-hydroxylation sites is 1. The smallest absolute Gasteiger partial charge is 0.246 e. The number of nitriles is 1. The molecule has 0 saturated carbocycles. The number of fused-ring (bicyclic) bond motifs is 1. The molecule has 34 heavy (non-hydrogen) atoms. The fraction of sp³-hybridized carbons (Fsp3) is 0.250. The van der Waals surface area contributed by atoms with Crippen molar-refractivity contribution in [1.29, 1.82) is 5.26 Å². The second kappa shape index (κ2) is 9.75.